The van der Waals surface area contributed by atoms with Crippen molar-refractivity contribution in [3.63, 3.8) is 0 Å². The molecule has 4 rings (SSSR count). The van der Waals surface area contributed by atoms with E-state index >= 15 is 0 Å². The van der Waals surface area contributed by atoms with Crippen LogP contribution in [0.1, 0.15) is 23.2 Å². The largest absolute Gasteiger partial charge is 0.338 e. The quantitative estimate of drug-likeness (QED) is 0.863. The van der Waals surface area contributed by atoms with Gasteiger partial charge in [0.05, 0.1) is 12.2 Å². The molecule has 2 aliphatic rings. The van der Waals surface area contributed by atoms with Crippen LogP contribution >= 0.6 is 0 Å². The highest BCUT2D eigenvalue weighted by molar-refractivity contribution is 5.80. The zero-order chi connectivity index (χ0) is 17.1. The van der Waals surface area contributed by atoms with E-state index in [1.807, 2.05) is 17.2 Å². The van der Waals surface area contributed by atoms with Gasteiger partial charge in [0, 0.05) is 32.4 Å². The second-order valence-corrected chi connectivity index (χ2v) is 6.64. The summed E-state index contributed by atoms with van der Waals surface area (Å²) >= 11 is 0. The van der Waals surface area contributed by atoms with Gasteiger partial charge in [-0.25, -0.2) is 9.97 Å². The Morgan fingerprint density at radius 2 is 2.00 bits per heavy atom. The van der Waals surface area contributed by atoms with Crippen molar-refractivity contribution in [3.05, 3.63) is 65.8 Å². The van der Waals surface area contributed by atoms with Crippen molar-refractivity contribution >= 4 is 11.5 Å². The van der Waals surface area contributed by atoms with E-state index in [0.29, 0.717) is 13.1 Å². The van der Waals surface area contributed by atoms with E-state index in [9.17, 15) is 4.79 Å². The van der Waals surface area contributed by atoms with Gasteiger partial charge in [0.1, 0.15) is 6.33 Å². The van der Waals surface area contributed by atoms with Gasteiger partial charge in [0.15, 0.2) is 0 Å². The van der Waals surface area contributed by atoms with Gasteiger partial charge < -0.3 is 4.90 Å². The summed E-state index contributed by atoms with van der Waals surface area (Å²) < 4.78 is 0. The number of rotatable bonds is 3. The molecule has 1 amide bonds. The number of hydrogen-bond acceptors (Lipinski definition) is 4. The summed E-state index contributed by atoms with van der Waals surface area (Å²) in [6.07, 6.45) is 7.51. The van der Waals surface area contributed by atoms with Crippen LogP contribution in [-0.2, 0) is 17.8 Å². The molecule has 0 radical (unpaired) electrons. The topological polar surface area (TPSA) is 49.3 Å². The molecule has 0 bridgehead atoms. The van der Waals surface area contributed by atoms with Crippen LogP contribution in [0, 0.1) is 0 Å². The molecule has 5 heteroatoms. The summed E-state index contributed by atoms with van der Waals surface area (Å²) in [5.74, 6) is 0.209. The predicted octanol–water partition coefficient (Wildman–Crippen LogP) is 2.15. The Morgan fingerprint density at radius 3 is 2.80 bits per heavy atom. The maximum Gasteiger partial charge on any atom is 0.237 e. The van der Waals surface area contributed by atoms with Crippen molar-refractivity contribution in [2.75, 3.05) is 26.2 Å². The lowest BCUT2D eigenvalue weighted by Gasteiger charge is -2.31. The third-order valence-electron chi connectivity index (χ3n) is 5.02. The van der Waals surface area contributed by atoms with Crippen molar-refractivity contribution in [1.29, 1.82) is 0 Å². The maximum absolute atomic E-state index is 12.6. The third-order valence-corrected chi connectivity index (χ3v) is 5.02. The summed E-state index contributed by atoms with van der Waals surface area (Å²) in [4.78, 5) is 25.2. The molecule has 0 N–H and O–H groups in total. The van der Waals surface area contributed by atoms with Gasteiger partial charge >= 0.3 is 0 Å². The number of benzene rings is 1. The van der Waals surface area contributed by atoms with Crippen LogP contribution in [0.15, 0.2) is 48.9 Å². The van der Waals surface area contributed by atoms with Crippen LogP contribution in [-0.4, -0.2) is 51.9 Å². The average molecular weight is 334 g/mol. The average Bonchev–Trinajstić information content (AvgIpc) is 2.69. The molecule has 0 unspecified atom stereocenters. The molecule has 2 aliphatic heterocycles. The number of carbonyl (C=O) groups excluding carboxylic acids is 1. The zero-order valence-electron chi connectivity index (χ0n) is 14.3. The summed E-state index contributed by atoms with van der Waals surface area (Å²) in [6, 6.07) is 10.4. The number of aromatic nitrogens is 2. The molecule has 2 aromatic rings. The van der Waals surface area contributed by atoms with Crippen molar-refractivity contribution in [2.24, 2.45) is 0 Å². The van der Waals surface area contributed by atoms with Crippen LogP contribution in [0.4, 0.5) is 0 Å². The fraction of sp³-hybridized carbons (Fsp3) is 0.350. The van der Waals surface area contributed by atoms with E-state index in [4.69, 9.17) is 0 Å². The lowest BCUT2D eigenvalue weighted by atomic mass is 9.99. The third kappa shape index (κ3) is 3.61. The molecule has 0 saturated carbocycles. The first-order valence-corrected chi connectivity index (χ1v) is 8.82. The first-order valence-electron chi connectivity index (χ1n) is 8.82. The number of nitrogens with zero attached hydrogens (tertiary/aromatic N) is 4. The molecule has 3 heterocycles. The van der Waals surface area contributed by atoms with Crippen LogP contribution in [0.5, 0.6) is 0 Å². The SMILES string of the molecule is O=C(CN1CCc2cncnc2C1)N1CC=C(c2ccccc2)CC1. The minimum absolute atomic E-state index is 0.209. The fourth-order valence-electron chi connectivity index (χ4n) is 3.54. The van der Waals surface area contributed by atoms with E-state index in [1.54, 1.807) is 6.33 Å². The molecule has 0 saturated heterocycles. The van der Waals surface area contributed by atoms with Crippen LogP contribution in [0.3, 0.4) is 0 Å². The molecule has 0 atom stereocenters. The lowest BCUT2D eigenvalue weighted by molar-refractivity contribution is -0.132. The Bertz CT molecular complexity index is 787. The van der Waals surface area contributed by atoms with Gasteiger partial charge in [-0.15, -0.1) is 0 Å². The maximum atomic E-state index is 12.6. The highest BCUT2D eigenvalue weighted by Gasteiger charge is 2.23. The lowest BCUT2D eigenvalue weighted by Crippen LogP contribution is -2.43. The standard InChI is InChI=1S/C20H22N4O/c25-20(14-23-9-6-18-12-21-15-22-19(18)13-23)24-10-7-17(8-11-24)16-4-2-1-3-5-16/h1-5,7,12,15H,6,8-11,13-14H2. The van der Waals surface area contributed by atoms with E-state index < -0.39 is 0 Å². The summed E-state index contributed by atoms with van der Waals surface area (Å²) in [5.41, 5.74) is 4.87. The van der Waals surface area contributed by atoms with Gasteiger partial charge in [0.2, 0.25) is 5.91 Å². The van der Waals surface area contributed by atoms with Crippen molar-refractivity contribution in [2.45, 2.75) is 19.4 Å². The van der Waals surface area contributed by atoms with Gasteiger partial charge in [0.25, 0.3) is 0 Å². The Morgan fingerprint density at radius 1 is 1.12 bits per heavy atom. The van der Waals surface area contributed by atoms with Gasteiger partial charge in [-0.3, -0.25) is 9.69 Å². The fourth-order valence-corrected chi connectivity index (χ4v) is 3.54. The van der Waals surface area contributed by atoms with E-state index in [1.165, 1.54) is 16.7 Å². The van der Waals surface area contributed by atoms with Crippen LogP contribution in [0.2, 0.25) is 0 Å². The molecule has 128 valence electrons. The molecule has 0 aliphatic carbocycles. The molecule has 5 nitrogen and oxygen atoms in total. The second-order valence-electron chi connectivity index (χ2n) is 6.64. The highest BCUT2D eigenvalue weighted by Crippen LogP contribution is 2.22. The van der Waals surface area contributed by atoms with Crippen molar-refractivity contribution < 1.29 is 4.79 Å². The Labute approximate surface area is 148 Å². The summed E-state index contributed by atoms with van der Waals surface area (Å²) in [6.45, 7) is 3.60. The monoisotopic (exact) mass is 334 g/mol. The van der Waals surface area contributed by atoms with Crippen molar-refractivity contribution in [3.8, 4) is 0 Å². The van der Waals surface area contributed by atoms with Crippen LogP contribution < -0.4 is 0 Å². The van der Waals surface area contributed by atoms with Crippen LogP contribution in [0.25, 0.3) is 5.57 Å². The molecule has 0 spiro atoms. The molecular formula is C20H22N4O. The minimum atomic E-state index is 0.209. The Hall–Kier alpha value is -2.53. The van der Waals surface area contributed by atoms with Gasteiger partial charge in [-0.2, -0.15) is 0 Å². The molecule has 25 heavy (non-hydrogen) atoms. The highest BCUT2D eigenvalue weighted by atomic mass is 16.2. The minimum Gasteiger partial charge on any atom is -0.338 e. The second kappa shape index (κ2) is 7.15. The Balaban J connectivity index is 1.35. The van der Waals surface area contributed by atoms with E-state index in [2.05, 4.69) is 45.2 Å². The first kappa shape index (κ1) is 16.0. The van der Waals surface area contributed by atoms with Gasteiger partial charge in [-0.05, 0) is 29.5 Å². The summed E-state index contributed by atoms with van der Waals surface area (Å²) in [7, 11) is 0. The summed E-state index contributed by atoms with van der Waals surface area (Å²) in [5, 5.41) is 0. The number of hydrogen-bond donors (Lipinski definition) is 0. The van der Waals surface area contributed by atoms with E-state index in [-0.39, 0.29) is 5.91 Å². The molecule has 1 aromatic heterocycles. The normalized spacial score (nSPS) is 17.8. The number of fused-ring (bicyclic) bond motifs is 1. The molecular weight excluding hydrogens is 312 g/mol. The Kier molecular flexibility index (Phi) is 4.57. The van der Waals surface area contributed by atoms with E-state index in [0.717, 1.165) is 38.2 Å². The predicted molar refractivity (Wildman–Crippen MR) is 96.6 cm³/mol. The zero-order valence-corrected chi connectivity index (χ0v) is 14.3. The smallest absolute Gasteiger partial charge is 0.237 e. The molecule has 0 fully saturated rings. The number of carbonyl (C=O) groups is 1. The number of amides is 1. The van der Waals surface area contributed by atoms with Gasteiger partial charge in [-0.1, -0.05) is 36.4 Å². The first-order chi connectivity index (χ1) is 12.3. The van der Waals surface area contributed by atoms with Crippen molar-refractivity contribution in [1.82, 2.24) is 19.8 Å². The molecule has 1 aromatic carbocycles.